The van der Waals surface area contributed by atoms with Crippen molar-refractivity contribution in [3.63, 3.8) is 0 Å². The zero-order valence-corrected chi connectivity index (χ0v) is 21.7. The van der Waals surface area contributed by atoms with Crippen molar-refractivity contribution >= 4 is 31.5 Å². The predicted molar refractivity (Wildman–Crippen MR) is 132 cm³/mol. The van der Waals surface area contributed by atoms with E-state index in [0.717, 1.165) is 36.3 Å². The first kappa shape index (κ1) is 25.6. The Hall–Kier alpha value is -1.63. The molecule has 0 aliphatic carbocycles. The lowest BCUT2D eigenvalue weighted by molar-refractivity contribution is -0.121. The second-order valence-electron chi connectivity index (χ2n) is 9.77. The molecular weight excluding hydrogens is 428 g/mol. The van der Waals surface area contributed by atoms with Crippen LogP contribution < -0.4 is 10.2 Å². The zero-order chi connectivity index (χ0) is 23.2. The summed E-state index contributed by atoms with van der Waals surface area (Å²) in [5, 5.41) is 5.01. The molecule has 1 aliphatic rings. The van der Waals surface area contributed by atoms with Gasteiger partial charge in [0.2, 0.25) is 5.91 Å². The molecule has 0 saturated carbocycles. The molecule has 0 fully saturated rings. The third-order valence-electron chi connectivity index (χ3n) is 6.06. The number of rotatable bonds is 9. The molecule has 1 aromatic rings. The number of nitrogens with zero attached hydrogens (tertiary/aromatic N) is 1. The molecule has 0 saturated heterocycles. The zero-order valence-electron chi connectivity index (χ0n) is 20.0. The van der Waals surface area contributed by atoms with Crippen molar-refractivity contribution in [2.75, 3.05) is 13.2 Å². The van der Waals surface area contributed by atoms with E-state index in [0.29, 0.717) is 23.8 Å². The van der Waals surface area contributed by atoms with E-state index in [4.69, 9.17) is 20.8 Å². The van der Waals surface area contributed by atoms with Gasteiger partial charge in [0, 0.05) is 24.5 Å². The fourth-order valence-corrected chi connectivity index (χ4v) is 4.53. The largest absolute Gasteiger partial charge is 0.488 e. The lowest BCUT2D eigenvalue weighted by Crippen LogP contribution is -2.40. The monoisotopic (exact) mass is 464 g/mol. The molecule has 1 amide bonds. The van der Waals surface area contributed by atoms with Crippen molar-refractivity contribution in [3.05, 3.63) is 40.4 Å². The van der Waals surface area contributed by atoms with Gasteiger partial charge < -0.3 is 9.16 Å². The van der Waals surface area contributed by atoms with Crippen molar-refractivity contribution in [1.82, 2.24) is 5.43 Å². The second kappa shape index (κ2) is 10.8. The molecule has 31 heavy (non-hydrogen) atoms. The van der Waals surface area contributed by atoms with Crippen molar-refractivity contribution in [2.45, 2.75) is 72.0 Å². The van der Waals surface area contributed by atoms with Crippen LogP contribution in [-0.2, 0) is 9.22 Å². The van der Waals surface area contributed by atoms with Gasteiger partial charge in [-0.05, 0) is 55.6 Å². The molecule has 1 unspecified atom stereocenters. The lowest BCUT2D eigenvalue weighted by Gasteiger charge is -2.36. The maximum absolute atomic E-state index is 11.5. The number of amides is 1. The van der Waals surface area contributed by atoms with Crippen LogP contribution in [0.5, 0.6) is 5.75 Å². The Kier molecular flexibility index (Phi) is 8.92. The smallest absolute Gasteiger partial charge is 0.240 e. The number of carbonyl (C=O) groups is 1. The normalized spacial score (nSPS) is 17.6. The number of hydrogen-bond acceptors (Lipinski definition) is 4. The van der Waals surface area contributed by atoms with Gasteiger partial charge in [-0.1, -0.05) is 51.4 Å². The summed E-state index contributed by atoms with van der Waals surface area (Å²) in [6.07, 6.45) is 6.56. The molecule has 0 radical (unpaired) electrons. The summed E-state index contributed by atoms with van der Waals surface area (Å²) in [5.41, 5.74) is 5.26. The minimum Gasteiger partial charge on any atom is -0.488 e. The Bertz CT molecular complexity index is 821. The first-order valence-corrected chi connectivity index (χ1v) is 14.3. The second-order valence-corrected chi connectivity index (χ2v) is 15.0. The SMILES string of the molecule is Cc1cc(C2=NNC(=O)CC2C)cc(Cl)c1OC/C=C\CCCO[Si](C)(C)C(C)(C)C. The van der Waals surface area contributed by atoms with Crippen LogP contribution in [0.25, 0.3) is 0 Å². The van der Waals surface area contributed by atoms with Gasteiger partial charge >= 0.3 is 0 Å². The first-order chi connectivity index (χ1) is 14.4. The highest BCUT2D eigenvalue weighted by atomic mass is 35.5. The van der Waals surface area contributed by atoms with Crippen molar-refractivity contribution in [1.29, 1.82) is 0 Å². The minimum absolute atomic E-state index is 0.0551. The third-order valence-corrected chi connectivity index (χ3v) is 10.9. The lowest BCUT2D eigenvalue weighted by atomic mass is 9.93. The van der Waals surface area contributed by atoms with Crippen molar-refractivity contribution in [2.24, 2.45) is 11.0 Å². The highest BCUT2D eigenvalue weighted by Gasteiger charge is 2.36. The Morgan fingerprint density at radius 1 is 1.29 bits per heavy atom. The van der Waals surface area contributed by atoms with Crippen LogP contribution in [0.1, 0.15) is 58.1 Å². The maximum Gasteiger partial charge on any atom is 0.240 e. The molecule has 0 aromatic heterocycles. The van der Waals surface area contributed by atoms with Crippen LogP contribution >= 0.6 is 11.6 Å². The van der Waals surface area contributed by atoms with E-state index in [9.17, 15) is 4.79 Å². The molecule has 7 heteroatoms. The molecule has 5 nitrogen and oxygen atoms in total. The molecule has 1 atom stereocenters. The quantitative estimate of drug-likeness (QED) is 0.267. The molecular formula is C24H37ClN2O3Si. The van der Waals surface area contributed by atoms with Gasteiger partial charge in [0.05, 0.1) is 10.7 Å². The topological polar surface area (TPSA) is 59.9 Å². The van der Waals surface area contributed by atoms with Crippen LogP contribution in [-0.4, -0.2) is 33.2 Å². The van der Waals surface area contributed by atoms with Gasteiger partial charge in [-0.2, -0.15) is 5.10 Å². The van der Waals surface area contributed by atoms with Gasteiger partial charge in [0.15, 0.2) is 8.32 Å². The molecule has 0 spiro atoms. The van der Waals surface area contributed by atoms with Crippen LogP contribution in [0.15, 0.2) is 29.4 Å². The maximum atomic E-state index is 11.5. The Morgan fingerprint density at radius 3 is 2.61 bits per heavy atom. The Morgan fingerprint density at radius 2 is 2.00 bits per heavy atom. The summed E-state index contributed by atoms with van der Waals surface area (Å²) >= 11 is 6.49. The fourth-order valence-electron chi connectivity index (χ4n) is 3.13. The van der Waals surface area contributed by atoms with Crippen LogP contribution in [0, 0.1) is 12.8 Å². The highest BCUT2D eigenvalue weighted by molar-refractivity contribution is 6.74. The summed E-state index contributed by atoms with van der Waals surface area (Å²) < 4.78 is 12.1. The number of ether oxygens (including phenoxy) is 1. The van der Waals surface area contributed by atoms with Crippen LogP contribution in [0.4, 0.5) is 0 Å². The van der Waals surface area contributed by atoms with Gasteiger partial charge in [-0.15, -0.1) is 0 Å². The van der Waals surface area contributed by atoms with E-state index in [-0.39, 0.29) is 16.9 Å². The third kappa shape index (κ3) is 7.19. The fraction of sp³-hybridized carbons (Fsp3) is 0.583. The van der Waals surface area contributed by atoms with E-state index >= 15 is 0 Å². The number of allylic oxidation sites excluding steroid dienone is 1. The molecule has 172 valence electrons. The number of carbonyl (C=O) groups excluding carboxylic acids is 1. The number of benzene rings is 1. The molecule has 1 aromatic carbocycles. The number of aryl methyl sites for hydroxylation is 1. The molecule has 1 aliphatic heterocycles. The summed E-state index contributed by atoms with van der Waals surface area (Å²) in [6, 6.07) is 3.87. The van der Waals surface area contributed by atoms with Gasteiger partial charge in [-0.25, -0.2) is 5.43 Å². The molecule has 2 rings (SSSR count). The summed E-state index contributed by atoms with van der Waals surface area (Å²) in [5.74, 6) is 0.682. The first-order valence-electron chi connectivity index (χ1n) is 11.0. The Labute approximate surface area is 193 Å². The van der Waals surface area contributed by atoms with Gasteiger partial charge in [-0.3, -0.25) is 4.79 Å². The summed E-state index contributed by atoms with van der Waals surface area (Å²) in [4.78, 5) is 11.5. The number of hydrogen-bond donors (Lipinski definition) is 1. The summed E-state index contributed by atoms with van der Waals surface area (Å²) in [6.45, 7) is 16.6. The van der Waals surface area contributed by atoms with E-state index in [2.05, 4.69) is 50.5 Å². The van der Waals surface area contributed by atoms with E-state index < -0.39 is 8.32 Å². The van der Waals surface area contributed by atoms with Crippen LogP contribution in [0.2, 0.25) is 23.2 Å². The minimum atomic E-state index is -1.65. The number of nitrogens with one attached hydrogen (secondary N) is 1. The van der Waals surface area contributed by atoms with E-state index in [1.54, 1.807) is 0 Å². The van der Waals surface area contributed by atoms with E-state index in [1.165, 1.54) is 0 Å². The number of unbranched alkanes of at least 4 members (excludes halogenated alkanes) is 1. The standard InChI is InChI=1S/C24H37ClN2O3Si/c1-17-15-21(28)26-27-22(17)19-14-18(2)23(20(25)16-19)29-12-10-8-9-11-13-30-31(6,7)24(3,4)5/h8,10,14,16-17H,9,11-13,15H2,1-7H3,(H,26,28)/b10-8-. The number of halogens is 1. The number of hydrazone groups is 1. The van der Waals surface area contributed by atoms with Crippen molar-refractivity contribution < 1.29 is 14.0 Å². The van der Waals surface area contributed by atoms with Gasteiger partial charge in [0.1, 0.15) is 12.4 Å². The Balaban J connectivity index is 1.83. The van der Waals surface area contributed by atoms with Crippen molar-refractivity contribution in [3.8, 4) is 5.75 Å². The van der Waals surface area contributed by atoms with Gasteiger partial charge in [0.25, 0.3) is 0 Å². The predicted octanol–water partition coefficient (Wildman–Crippen LogP) is 6.25. The molecule has 0 bridgehead atoms. The highest BCUT2D eigenvalue weighted by Crippen LogP contribution is 2.36. The van der Waals surface area contributed by atoms with E-state index in [1.807, 2.05) is 32.1 Å². The van der Waals surface area contributed by atoms with Crippen LogP contribution in [0.3, 0.4) is 0 Å². The molecule has 1 N–H and O–H groups in total. The molecule has 1 heterocycles. The average molecular weight is 465 g/mol. The average Bonchev–Trinajstić information content (AvgIpc) is 2.64. The summed E-state index contributed by atoms with van der Waals surface area (Å²) in [7, 11) is -1.65.